The molecule has 2 amide bonds. The molecule has 0 atom stereocenters. The molecule has 0 bridgehead atoms. The molecule has 0 heterocycles. The van der Waals surface area contributed by atoms with Gasteiger partial charge in [-0.1, -0.05) is 19.1 Å². The normalized spacial score (nSPS) is 15.3. The molecule has 0 saturated heterocycles. The van der Waals surface area contributed by atoms with Gasteiger partial charge < -0.3 is 15.4 Å². The van der Waals surface area contributed by atoms with Gasteiger partial charge in [-0.15, -0.1) is 0 Å². The highest BCUT2D eigenvalue weighted by Crippen LogP contribution is 2.46. The Kier molecular flexibility index (Phi) is 4.96. The Morgan fingerprint density at radius 3 is 2.38 bits per heavy atom. The van der Waals surface area contributed by atoms with Crippen LogP contribution < -0.4 is 10.6 Å². The first-order valence-electron chi connectivity index (χ1n) is 7.30. The number of anilines is 1. The van der Waals surface area contributed by atoms with Crippen molar-refractivity contribution in [3.63, 3.8) is 0 Å². The molecular weight excluding hydrogens is 268 g/mol. The van der Waals surface area contributed by atoms with Crippen LogP contribution in [0.15, 0.2) is 24.3 Å². The SMILES string of the molecule is CCc1ccc(NC(=O)C2(C(=O)NCCOC)CC2)cc1. The van der Waals surface area contributed by atoms with Crippen LogP contribution >= 0.6 is 0 Å². The maximum absolute atomic E-state index is 12.3. The molecule has 1 aliphatic carbocycles. The van der Waals surface area contributed by atoms with Crippen LogP contribution in [0.5, 0.6) is 0 Å². The van der Waals surface area contributed by atoms with Crippen molar-refractivity contribution in [3.8, 4) is 0 Å². The Balaban J connectivity index is 1.93. The molecule has 2 N–H and O–H groups in total. The fourth-order valence-electron chi connectivity index (χ4n) is 2.19. The summed E-state index contributed by atoms with van der Waals surface area (Å²) in [6.07, 6.45) is 2.16. The van der Waals surface area contributed by atoms with Crippen molar-refractivity contribution in [2.75, 3.05) is 25.6 Å². The van der Waals surface area contributed by atoms with Crippen molar-refractivity contribution in [1.82, 2.24) is 5.32 Å². The van der Waals surface area contributed by atoms with Gasteiger partial charge in [0.15, 0.2) is 0 Å². The van der Waals surface area contributed by atoms with Gasteiger partial charge in [0.25, 0.3) is 0 Å². The lowest BCUT2D eigenvalue weighted by molar-refractivity contribution is -0.134. The fourth-order valence-corrected chi connectivity index (χ4v) is 2.19. The average Bonchev–Trinajstić information content (AvgIpc) is 3.30. The number of nitrogens with one attached hydrogen (secondary N) is 2. The highest BCUT2D eigenvalue weighted by Gasteiger charge is 2.56. The van der Waals surface area contributed by atoms with Crippen molar-refractivity contribution in [1.29, 1.82) is 0 Å². The van der Waals surface area contributed by atoms with Gasteiger partial charge in [-0.3, -0.25) is 9.59 Å². The second-order valence-electron chi connectivity index (χ2n) is 5.34. The van der Waals surface area contributed by atoms with E-state index < -0.39 is 5.41 Å². The third-order valence-electron chi connectivity index (χ3n) is 3.83. The molecule has 0 aliphatic heterocycles. The topological polar surface area (TPSA) is 67.4 Å². The molecule has 1 saturated carbocycles. The van der Waals surface area contributed by atoms with Crippen molar-refractivity contribution in [3.05, 3.63) is 29.8 Å². The first-order chi connectivity index (χ1) is 10.1. The summed E-state index contributed by atoms with van der Waals surface area (Å²) in [4.78, 5) is 24.4. The van der Waals surface area contributed by atoms with E-state index in [1.165, 1.54) is 5.56 Å². The van der Waals surface area contributed by atoms with Gasteiger partial charge in [0.05, 0.1) is 6.61 Å². The molecule has 0 aromatic heterocycles. The predicted octanol–water partition coefficient (Wildman–Crippen LogP) is 1.73. The smallest absolute Gasteiger partial charge is 0.240 e. The minimum absolute atomic E-state index is 0.206. The van der Waals surface area contributed by atoms with Gasteiger partial charge in [0.2, 0.25) is 11.8 Å². The van der Waals surface area contributed by atoms with Crippen molar-refractivity contribution >= 4 is 17.5 Å². The summed E-state index contributed by atoms with van der Waals surface area (Å²) in [6, 6.07) is 7.70. The van der Waals surface area contributed by atoms with Crippen LogP contribution in [0.1, 0.15) is 25.3 Å². The molecule has 114 valence electrons. The Morgan fingerprint density at radius 2 is 1.86 bits per heavy atom. The second kappa shape index (κ2) is 6.72. The summed E-state index contributed by atoms with van der Waals surface area (Å²) < 4.78 is 4.89. The molecule has 0 spiro atoms. The van der Waals surface area contributed by atoms with Crippen LogP contribution in [-0.2, 0) is 20.7 Å². The van der Waals surface area contributed by atoms with E-state index in [-0.39, 0.29) is 11.8 Å². The monoisotopic (exact) mass is 290 g/mol. The summed E-state index contributed by atoms with van der Waals surface area (Å²) >= 11 is 0. The summed E-state index contributed by atoms with van der Waals surface area (Å²) in [6.45, 7) is 2.95. The number of benzene rings is 1. The maximum atomic E-state index is 12.3. The summed E-state index contributed by atoms with van der Waals surface area (Å²) in [5.41, 5.74) is 1.05. The summed E-state index contributed by atoms with van der Waals surface area (Å²) in [7, 11) is 1.58. The zero-order chi connectivity index (χ0) is 15.3. The van der Waals surface area contributed by atoms with E-state index in [1.54, 1.807) is 7.11 Å². The van der Waals surface area contributed by atoms with Gasteiger partial charge in [-0.05, 0) is 37.0 Å². The number of ether oxygens (including phenoxy) is 1. The first kappa shape index (κ1) is 15.5. The van der Waals surface area contributed by atoms with Gasteiger partial charge in [-0.25, -0.2) is 0 Å². The van der Waals surface area contributed by atoms with Crippen LogP contribution in [0.4, 0.5) is 5.69 Å². The van der Waals surface area contributed by atoms with Crippen LogP contribution in [0.25, 0.3) is 0 Å². The lowest BCUT2D eigenvalue weighted by Crippen LogP contribution is -2.41. The van der Waals surface area contributed by atoms with E-state index in [2.05, 4.69) is 17.6 Å². The van der Waals surface area contributed by atoms with E-state index >= 15 is 0 Å². The number of methoxy groups -OCH3 is 1. The van der Waals surface area contributed by atoms with Crippen LogP contribution in [0.2, 0.25) is 0 Å². The molecule has 5 heteroatoms. The fraction of sp³-hybridized carbons (Fsp3) is 0.500. The molecule has 0 radical (unpaired) electrons. The molecular formula is C16H22N2O3. The number of carbonyl (C=O) groups is 2. The molecule has 5 nitrogen and oxygen atoms in total. The predicted molar refractivity (Wildman–Crippen MR) is 81.0 cm³/mol. The van der Waals surface area contributed by atoms with Crippen LogP contribution in [-0.4, -0.2) is 32.1 Å². The molecule has 1 aliphatic rings. The van der Waals surface area contributed by atoms with Crippen LogP contribution in [0, 0.1) is 5.41 Å². The molecule has 1 aromatic rings. The number of carbonyl (C=O) groups excluding carboxylic acids is 2. The minimum Gasteiger partial charge on any atom is -0.383 e. The van der Waals surface area contributed by atoms with Crippen molar-refractivity contribution in [2.45, 2.75) is 26.2 Å². The largest absolute Gasteiger partial charge is 0.383 e. The standard InChI is InChI=1S/C16H22N2O3/c1-3-12-4-6-13(7-5-12)18-15(20)16(8-9-16)14(19)17-10-11-21-2/h4-7H,3,8-11H2,1-2H3,(H,17,19)(H,18,20). The molecule has 1 fully saturated rings. The first-order valence-corrected chi connectivity index (χ1v) is 7.30. The van der Waals surface area contributed by atoms with Gasteiger partial charge in [0.1, 0.15) is 5.41 Å². The third kappa shape index (κ3) is 3.61. The average molecular weight is 290 g/mol. The zero-order valence-electron chi connectivity index (χ0n) is 12.6. The molecule has 1 aromatic carbocycles. The van der Waals surface area contributed by atoms with Crippen molar-refractivity contribution in [2.24, 2.45) is 5.41 Å². The van der Waals surface area contributed by atoms with Crippen LogP contribution in [0.3, 0.4) is 0 Å². The number of hydrogen-bond acceptors (Lipinski definition) is 3. The third-order valence-corrected chi connectivity index (χ3v) is 3.83. The molecule has 2 rings (SSSR count). The highest BCUT2D eigenvalue weighted by molar-refractivity contribution is 6.13. The van der Waals surface area contributed by atoms with Crippen molar-refractivity contribution < 1.29 is 14.3 Å². The number of rotatable bonds is 7. The van der Waals surface area contributed by atoms with E-state index in [9.17, 15) is 9.59 Å². The lowest BCUT2D eigenvalue weighted by atomic mass is 10.0. The second-order valence-corrected chi connectivity index (χ2v) is 5.34. The quantitative estimate of drug-likeness (QED) is 0.593. The molecule has 0 unspecified atom stereocenters. The Bertz CT molecular complexity index is 507. The van der Waals surface area contributed by atoms with E-state index in [1.807, 2.05) is 24.3 Å². The van der Waals surface area contributed by atoms with E-state index in [0.29, 0.717) is 26.0 Å². The number of hydrogen-bond donors (Lipinski definition) is 2. The summed E-state index contributed by atoms with van der Waals surface area (Å²) in [5.74, 6) is -0.427. The van der Waals surface area contributed by atoms with Gasteiger partial charge in [-0.2, -0.15) is 0 Å². The Morgan fingerprint density at radius 1 is 1.19 bits per heavy atom. The van der Waals surface area contributed by atoms with Gasteiger partial charge in [0, 0.05) is 19.3 Å². The van der Waals surface area contributed by atoms with Gasteiger partial charge >= 0.3 is 0 Å². The Labute approximate surface area is 125 Å². The zero-order valence-corrected chi connectivity index (χ0v) is 12.6. The lowest BCUT2D eigenvalue weighted by Gasteiger charge is -2.15. The highest BCUT2D eigenvalue weighted by atomic mass is 16.5. The number of amides is 2. The molecule has 21 heavy (non-hydrogen) atoms. The Hall–Kier alpha value is -1.88. The summed E-state index contributed by atoms with van der Waals surface area (Å²) in [5, 5.41) is 5.58. The number of aryl methyl sites for hydroxylation is 1. The minimum atomic E-state index is -0.892. The van der Waals surface area contributed by atoms with E-state index in [4.69, 9.17) is 4.74 Å². The maximum Gasteiger partial charge on any atom is 0.240 e. The van der Waals surface area contributed by atoms with E-state index in [0.717, 1.165) is 12.1 Å².